The molecule has 2 heterocycles. The smallest absolute Gasteiger partial charge is 0.273 e. The van der Waals surface area contributed by atoms with E-state index in [9.17, 15) is 4.79 Å². The molecule has 1 fully saturated rings. The van der Waals surface area contributed by atoms with Gasteiger partial charge in [-0.2, -0.15) is 0 Å². The Hall–Kier alpha value is -1.69. The van der Waals surface area contributed by atoms with Crippen LogP contribution in [0.1, 0.15) is 30.8 Å². The summed E-state index contributed by atoms with van der Waals surface area (Å²) in [6.07, 6.45) is 4.46. The molecule has 1 amide bonds. The molecular formula is C16H27N5O. The summed E-state index contributed by atoms with van der Waals surface area (Å²) in [5.41, 5.74) is 0.393. The summed E-state index contributed by atoms with van der Waals surface area (Å²) in [5.74, 6) is 1.28. The minimum absolute atomic E-state index is 0.116. The zero-order valence-electron chi connectivity index (χ0n) is 14.3. The van der Waals surface area contributed by atoms with Crippen molar-refractivity contribution in [1.82, 2.24) is 19.8 Å². The highest BCUT2D eigenvalue weighted by Gasteiger charge is 2.25. The van der Waals surface area contributed by atoms with E-state index >= 15 is 0 Å². The van der Waals surface area contributed by atoms with Gasteiger partial charge in [0, 0.05) is 40.3 Å². The van der Waals surface area contributed by atoms with Gasteiger partial charge in [0.05, 0.1) is 12.4 Å². The maximum atomic E-state index is 12.0. The second kappa shape index (κ2) is 7.05. The molecule has 1 aliphatic heterocycles. The monoisotopic (exact) mass is 305 g/mol. The quantitative estimate of drug-likeness (QED) is 0.822. The van der Waals surface area contributed by atoms with Crippen molar-refractivity contribution in [1.29, 1.82) is 0 Å². The van der Waals surface area contributed by atoms with Gasteiger partial charge in [0.15, 0.2) is 0 Å². The van der Waals surface area contributed by atoms with Crippen molar-refractivity contribution < 1.29 is 4.79 Å². The van der Waals surface area contributed by atoms with E-state index in [2.05, 4.69) is 33.6 Å². The van der Waals surface area contributed by atoms with Crippen LogP contribution >= 0.6 is 0 Å². The molecule has 1 unspecified atom stereocenters. The lowest BCUT2D eigenvalue weighted by atomic mass is 10.1. The zero-order chi connectivity index (χ0) is 16.3. The van der Waals surface area contributed by atoms with Gasteiger partial charge in [-0.3, -0.25) is 9.78 Å². The molecule has 122 valence electrons. The first-order valence-electron chi connectivity index (χ1n) is 7.87. The molecule has 22 heavy (non-hydrogen) atoms. The fourth-order valence-corrected chi connectivity index (χ4v) is 2.83. The number of anilines is 1. The Morgan fingerprint density at radius 1 is 1.36 bits per heavy atom. The Morgan fingerprint density at radius 3 is 2.68 bits per heavy atom. The predicted molar refractivity (Wildman–Crippen MR) is 88.1 cm³/mol. The number of hydrogen-bond acceptors (Lipinski definition) is 5. The number of likely N-dealkylation sites (tertiary alicyclic amines) is 1. The molecule has 0 N–H and O–H groups in total. The van der Waals surface area contributed by atoms with E-state index in [4.69, 9.17) is 0 Å². The first-order chi connectivity index (χ1) is 10.4. The van der Waals surface area contributed by atoms with E-state index in [1.807, 2.05) is 7.05 Å². The summed E-state index contributed by atoms with van der Waals surface area (Å²) in [5, 5.41) is 0. The Labute approximate surface area is 133 Å². The third-order valence-corrected chi connectivity index (χ3v) is 4.22. The van der Waals surface area contributed by atoms with Crippen molar-refractivity contribution in [2.24, 2.45) is 5.92 Å². The molecule has 6 heteroatoms. The van der Waals surface area contributed by atoms with E-state index in [1.54, 1.807) is 20.3 Å². The van der Waals surface area contributed by atoms with Crippen LogP contribution in [0.25, 0.3) is 0 Å². The molecule has 0 saturated carbocycles. The molecule has 1 aromatic rings. The maximum absolute atomic E-state index is 12.0. The number of aromatic nitrogens is 2. The van der Waals surface area contributed by atoms with Crippen LogP contribution in [0.15, 0.2) is 12.4 Å². The summed E-state index contributed by atoms with van der Waals surface area (Å²) < 4.78 is 0. The highest BCUT2D eigenvalue weighted by Crippen LogP contribution is 2.21. The van der Waals surface area contributed by atoms with Crippen LogP contribution < -0.4 is 4.90 Å². The third kappa shape index (κ3) is 3.94. The van der Waals surface area contributed by atoms with E-state index in [-0.39, 0.29) is 5.91 Å². The normalized spacial score (nSPS) is 18.7. The molecule has 2 rings (SSSR count). The second-order valence-electron chi connectivity index (χ2n) is 6.59. The van der Waals surface area contributed by atoms with Crippen molar-refractivity contribution in [3.8, 4) is 0 Å². The molecule has 0 spiro atoms. The molecule has 0 aliphatic carbocycles. The number of carbonyl (C=O) groups excluding carboxylic acids is 1. The fourth-order valence-electron chi connectivity index (χ4n) is 2.83. The lowest BCUT2D eigenvalue weighted by Crippen LogP contribution is -2.32. The average molecular weight is 305 g/mol. The SMILES string of the molecule is CC(C)N1CCC(CN(C)c2cncc(C(=O)N(C)C)n2)C1. The van der Waals surface area contributed by atoms with Crippen molar-refractivity contribution in [3.63, 3.8) is 0 Å². The maximum Gasteiger partial charge on any atom is 0.273 e. The topological polar surface area (TPSA) is 52.6 Å². The predicted octanol–water partition coefficient (Wildman–Crippen LogP) is 1.34. The van der Waals surface area contributed by atoms with Crippen LogP contribution in [0.2, 0.25) is 0 Å². The van der Waals surface area contributed by atoms with Gasteiger partial charge in [0.25, 0.3) is 5.91 Å². The minimum atomic E-state index is -0.116. The number of rotatable bonds is 5. The molecule has 6 nitrogen and oxygen atoms in total. The second-order valence-corrected chi connectivity index (χ2v) is 6.59. The van der Waals surface area contributed by atoms with Gasteiger partial charge < -0.3 is 14.7 Å². The zero-order valence-corrected chi connectivity index (χ0v) is 14.3. The van der Waals surface area contributed by atoms with Gasteiger partial charge in [0.2, 0.25) is 0 Å². The number of nitrogens with zero attached hydrogens (tertiary/aromatic N) is 5. The number of hydrogen-bond donors (Lipinski definition) is 0. The molecule has 0 aromatic carbocycles. The molecule has 0 radical (unpaired) electrons. The van der Waals surface area contributed by atoms with E-state index in [1.165, 1.54) is 24.1 Å². The lowest BCUT2D eigenvalue weighted by molar-refractivity contribution is 0.0821. The first kappa shape index (κ1) is 16.7. The van der Waals surface area contributed by atoms with Crippen LogP contribution in [-0.2, 0) is 0 Å². The number of amides is 1. The largest absolute Gasteiger partial charge is 0.358 e. The summed E-state index contributed by atoms with van der Waals surface area (Å²) in [7, 11) is 5.46. The van der Waals surface area contributed by atoms with Crippen LogP contribution in [0, 0.1) is 5.92 Å². The molecule has 1 aromatic heterocycles. The standard InChI is InChI=1S/C16H27N5O/c1-12(2)21-7-6-13(11-21)10-20(5)15-9-17-8-14(18-15)16(22)19(3)4/h8-9,12-13H,6-7,10-11H2,1-5H3. The molecule has 1 saturated heterocycles. The molecular weight excluding hydrogens is 278 g/mol. The lowest BCUT2D eigenvalue weighted by Gasteiger charge is -2.24. The van der Waals surface area contributed by atoms with Crippen molar-refractivity contribution in [3.05, 3.63) is 18.1 Å². The molecule has 1 atom stereocenters. The highest BCUT2D eigenvalue weighted by molar-refractivity contribution is 5.91. The average Bonchev–Trinajstić information content (AvgIpc) is 2.95. The van der Waals surface area contributed by atoms with Crippen molar-refractivity contribution in [2.45, 2.75) is 26.3 Å². The van der Waals surface area contributed by atoms with E-state index in [0.717, 1.165) is 18.9 Å². The Balaban J connectivity index is 2.00. The highest BCUT2D eigenvalue weighted by atomic mass is 16.2. The van der Waals surface area contributed by atoms with Gasteiger partial charge in [0.1, 0.15) is 11.5 Å². The molecule has 1 aliphatic rings. The van der Waals surface area contributed by atoms with Gasteiger partial charge in [-0.15, -0.1) is 0 Å². The van der Waals surface area contributed by atoms with Gasteiger partial charge in [-0.05, 0) is 32.7 Å². The Bertz CT molecular complexity index is 517. The van der Waals surface area contributed by atoms with Crippen LogP contribution in [-0.4, -0.2) is 72.5 Å². The van der Waals surface area contributed by atoms with E-state index in [0.29, 0.717) is 17.7 Å². The van der Waals surface area contributed by atoms with Crippen molar-refractivity contribution >= 4 is 11.7 Å². The number of carbonyl (C=O) groups is 1. The summed E-state index contributed by atoms with van der Waals surface area (Å²) in [4.78, 5) is 26.7. The van der Waals surface area contributed by atoms with Crippen LogP contribution in [0.3, 0.4) is 0 Å². The summed E-state index contributed by atoms with van der Waals surface area (Å²) in [6.45, 7) is 7.73. The van der Waals surface area contributed by atoms with Gasteiger partial charge in [-0.1, -0.05) is 0 Å². The van der Waals surface area contributed by atoms with Crippen molar-refractivity contribution in [2.75, 3.05) is 45.7 Å². The summed E-state index contributed by atoms with van der Waals surface area (Å²) in [6, 6.07) is 0.608. The Kier molecular flexibility index (Phi) is 5.34. The first-order valence-corrected chi connectivity index (χ1v) is 7.87. The summed E-state index contributed by atoms with van der Waals surface area (Å²) >= 11 is 0. The van der Waals surface area contributed by atoms with Gasteiger partial charge >= 0.3 is 0 Å². The Morgan fingerprint density at radius 2 is 2.09 bits per heavy atom. The third-order valence-electron chi connectivity index (χ3n) is 4.22. The minimum Gasteiger partial charge on any atom is -0.358 e. The molecule has 0 bridgehead atoms. The van der Waals surface area contributed by atoms with E-state index < -0.39 is 0 Å². The fraction of sp³-hybridized carbons (Fsp3) is 0.688. The van der Waals surface area contributed by atoms with Gasteiger partial charge in [-0.25, -0.2) is 4.98 Å². The van der Waals surface area contributed by atoms with Crippen LogP contribution in [0.4, 0.5) is 5.82 Å². The van der Waals surface area contributed by atoms with Crippen LogP contribution in [0.5, 0.6) is 0 Å².